The van der Waals surface area contributed by atoms with Gasteiger partial charge in [-0.05, 0) is 24.6 Å². The molecule has 0 aliphatic carbocycles. The minimum Gasteiger partial charge on any atom is -0.378 e. The lowest BCUT2D eigenvalue weighted by Crippen LogP contribution is -2.53. The van der Waals surface area contributed by atoms with Crippen molar-refractivity contribution >= 4 is 22.6 Å². The number of aryl methyl sites for hydroxylation is 1. The van der Waals surface area contributed by atoms with E-state index in [0.29, 0.717) is 48.6 Å². The Morgan fingerprint density at radius 1 is 1.20 bits per heavy atom. The first kappa shape index (κ1) is 23.3. The molecule has 2 fully saturated rings. The van der Waals surface area contributed by atoms with E-state index in [4.69, 9.17) is 4.74 Å². The van der Waals surface area contributed by atoms with Crippen LogP contribution in [0, 0.1) is 5.82 Å². The molecule has 0 unspecified atom stereocenters. The summed E-state index contributed by atoms with van der Waals surface area (Å²) in [5.41, 5.74) is 8.06. The molecule has 0 radical (unpaired) electrons. The fourth-order valence-corrected chi connectivity index (χ4v) is 4.23. The average Bonchev–Trinajstić information content (AvgIpc) is 2.85. The second kappa shape index (κ2) is 10.1. The number of pyridine rings is 1. The number of aromatic nitrogens is 3. The normalized spacial score (nSPS) is 16.9. The molecule has 35 heavy (non-hydrogen) atoms. The van der Waals surface area contributed by atoms with E-state index in [9.17, 15) is 9.59 Å². The van der Waals surface area contributed by atoms with Crippen LogP contribution in [0.25, 0.3) is 11.0 Å². The summed E-state index contributed by atoms with van der Waals surface area (Å²) in [5.74, 6) is -0.706. The van der Waals surface area contributed by atoms with Crippen LogP contribution in [0.3, 0.4) is 0 Å². The zero-order valence-electron chi connectivity index (χ0n) is 19.5. The molecule has 2 aromatic heterocycles. The molecule has 2 saturated heterocycles. The number of carbonyl (C=O) groups excluding carboxylic acids is 1. The second-order valence-corrected chi connectivity index (χ2v) is 8.80. The van der Waals surface area contributed by atoms with Crippen LogP contribution in [0.15, 0.2) is 35.3 Å². The molecular weight excluding hydrogens is 453 g/mol. The van der Waals surface area contributed by atoms with Gasteiger partial charge in [-0.3, -0.25) is 19.9 Å². The van der Waals surface area contributed by atoms with Crippen molar-refractivity contribution in [3.63, 3.8) is 0 Å². The topological polar surface area (TPSA) is 115 Å². The molecule has 2 aliphatic heterocycles. The Hall–Kier alpha value is -3.41. The maximum atomic E-state index is 15.1. The quantitative estimate of drug-likeness (QED) is 0.428. The third-order valence-corrected chi connectivity index (χ3v) is 6.43. The summed E-state index contributed by atoms with van der Waals surface area (Å²) in [6.45, 7) is 6.47. The van der Waals surface area contributed by atoms with Gasteiger partial charge in [0.2, 0.25) is 0 Å². The maximum absolute atomic E-state index is 15.1. The van der Waals surface area contributed by atoms with Crippen LogP contribution in [-0.4, -0.2) is 71.2 Å². The fourth-order valence-electron chi connectivity index (χ4n) is 4.23. The van der Waals surface area contributed by atoms with E-state index in [1.54, 1.807) is 24.4 Å². The van der Waals surface area contributed by atoms with Crippen LogP contribution in [0.5, 0.6) is 0 Å². The molecule has 1 aromatic carbocycles. The van der Waals surface area contributed by atoms with E-state index in [-0.39, 0.29) is 23.0 Å². The van der Waals surface area contributed by atoms with E-state index in [1.807, 2.05) is 13.0 Å². The SMILES string of the molecule is CCc1nc2ccc(CN3CCN(c4ccc(C(=O)NNC5COC5)nc4)CC3)c(F)c2[nH]c1=O. The van der Waals surface area contributed by atoms with Crippen molar-refractivity contribution in [3.05, 3.63) is 63.6 Å². The van der Waals surface area contributed by atoms with Gasteiger partial charge in [0.05, 0.1) is 36.7 Å². The Balaban J connectivity index is 1.17. The van der Waals surface area contributed by atoms with Crippen molar-refractivity contribution in [2.75, 3.05) is 44.3 Å². The Bertz CT molecular complexity index is 1270. The number of amides is 1. The molecular formula is C24H28FN7O3. The van der Waals surface area contributed by atoms with E-state index in [2.05, 4.69) is 35.6 Å². The van der Waals surface area contributed by atoms with Crippen LogP contribution in [0.2, 0.25) is 0 Å². The Morgan fingerprint density at radius 2 is 2.00 bits per heavy atom. The molecule has 2 aliphatic rings. The standard InChI is InChI=1S/C24H28FN7O3/c1-2-18-23(33)28-22-19(27-18)5-3-15(21(22)25)12-31-7-9-32(10-8-31)17-4-6-20(26-11-17)24(34)30-29-16-13-35-14-16/h3-6,11,16,29H,2,7-10,12-14H2,1H3,(H,28,33)(H,30,34). The number of hydrogen-bond donors (Lipinski definition) is 3. The predicted molar refractivity (Wildman–Crippen MR) is 129 cm³/mol. The number of carbonyl (C=O) groups is 1. The van der Waals surface area contributed by atoms with Crippen LogP contribution >= 0.6 is 0 Å². The number of piperazine rings is 1. The first-order valence-electron chi connectivity index (χ1n) is 11.8. The van der Waals surface area contributed by atoms with Gasteiger partial charge in [0, 0.05) is 38.3 Å². The van der Waals surface area contributed by atoms with Gasteiger partial charge >= 0.3 is 0 Å². The van der Waals surface area contributed by atoms with E-state index in [0.717, 1.165) is 31.9 Å². The monoisotopic (exact) mass is 481 g/mol. The molecule has 0 saturated carbocycles. The summed E-state index contributed by atoms with van der Waals surface area (Å²) in [4.78, 5) is 39.9. The number of fused-ring (bicyclic) bond motifs is 1. The molecule has 3 aromatic rings. The number of nitrogens with one attached hydrogen (secondary N) is 3. The first-order chi connectivity index (χ1) is 17.0. The van der Waals surface area contributed by atoms with Gasteiger partial charge in [-0.2, -0.15) is 0 Å². The average molecular weight is 482 g/mol. The van der Waals surface area contributed by atoms with E-state index >= 15 is 4.39 Å². The highest BCUT2D eigenvalue weighted by Crippen LogP contribution is 2.21. The zero-order chi connectivity index (χ0) is 24.4. The summed E-state index contributed by atoms with van der Waals surface area (Å²) < 4.78 is 20.2. The van der Waals surface area contributed by atoms with Crippen LogP contribution in [0.4, 0.5) is 10.1 Å². The minimum atomic E-state index is -0.422. The van der Waals surface area contributed by atoms with Gasteiger partial charge in [-0.25, -0.2) is 19.8 Å². The van der Waals surface area contributed by atoms with Crippen molar-refractivity contribution in [1.82, 2.24) is 30.7 Å². The van der Waals surface area contributed by atoms with Crippen molar-refractivity contribution < 1.29 is 13.9 Å². The number of halogens is 1. The van der Waals surface area contributed by atoms with Crippen LogP contribution < -0.4 is 21.3 Å². The van der Waals surface area contributed by atoms with Gasteiger partial charge in [-0.15, -0.1) is 0 Å². The number of aromatic amines is 1. The van der Waals surface area contributed by atoms with Gasteiger partial charge in [0.1, 0.15) is 16.9 Å². The smallest absolute Gasteiger partial charge is 0.283 e. The second-order valence-electron chi connectivity index (χ2n) is 8.80. The number of benzene rings is 1. The molecule has 10 nitrogen and oxygen atoms in total. The molecule has 1 amide bonds. The summed E-state index contributed by atoms with van der Waals surface area (Å²) in [6, 6.07) is 7.25. The number of H-pyrrole nitrogens is 1. The van der Waals surface area contributed by atoms with E-state index < -0.39 is 5.82 Å². The maximum Gasteiger partial charge on any atom is 0.283 e. The Morgan fingerprint density at radius 3 is 2.66 bits per heavy atom. The van der Waals surface area contributed by atoms with Crippen molar-refractivity contribution in [1.29, 1.82) is 0 Å². The minimum absolute atomic E-state index is 0.144. The molecule has 11 heteroatoms. The molecule has 0 bridgehead atoms. The lowest BCUT2D eigenvalue weighted by molar-refractivity contribution is -0.0104. The number of rotatable bonds is 7. The lowest BCUT2D eigenvalue weighted by atomic mass is 10.1. The molecule has 0 atom stereocenters. The fraction of sp³-hybridized carbons (Fsp3) is 0.417. The molecule has 3 N–H and O–H groups in total. The number of nitrogens with zero attached hydrogens (tertiary/aromatic N) is 4. The zero-order valence-corrected chi connectivity index (χ0v) is 19.5. The first-order valence-corrected chi connectivity index (χ1v) is 11.8. The molecule has 184 valence electrons. The highest BCUT2D eigenvalue weighted by atomic mass is 19.1. The predicted octanol–water partition coefficient (Wildman–Crippen LogP) is 0.975. The van der Waals surface area contributed by atoms with Crippen LogP contribution in [0.1, 0.15) is 28.7 Å². The largest absolute Gasteiger partial charge is 0.378 e. The third-order valence-electron chi connectivity index (χ3n) is 6.43. The van der Waals surface area contributed by atoms with Gasteiger partial charge in [0.15, 0.2) is 5.82 Å². The van der Waals surface area contributed by atoms with Crippen molar-refractivity contribution in [3.8, 4) is 0 Å². The number of hydrazine groups is 1. The lowest BCUT2D eigenvalue weighted by Gasteiger charge is -2.36. The molecule has 0 spiro atoms. The Labute approximate surface area is 201 Å². The van der Waals surface area contributed by atoms with Crippen molar-refractivity contribution in [2.24, 2.45) is 0 Å². The van der Waals surface area contributed by atoms with E-state index in [1.165, 1.54) is 0 Å². The molecule has 4 heterocycles. The number of hydrogen-bond acceptors (Lipinski definition) is 8. The summed E-state index contributed by atoms with van der Waals surface area (Å²) >= 11 is 0. The highest BCUT2D eigenvalue weighted by molar-refractivity contribution is 5.92. The molecule has 5 rings (SSSR count). The summed E-state index contributed by atoms with van der Waals surface area (Å²) in [5, 5.41) is 0. The van der Waals surface area contributed by atoms with Gasteiger partial charge in [-0.1, -0.05) is 13.0 Å². The Kier molecular flexibility index (Phi) is 6.71. The number of anilines is 1. The highest BCUT2D eigenvalue weighted by Gasteiger charge is 2.21. The number of ether oxygens (including phenoxy) is 1. The van der Waals surface area contributed by atoms with Gasteiger partial charge in [0.25, 0.3) is 11.5 Å². The van der Waals surface area contributed by atoms with Crippen LogP contribution in [-0.2, 0) is 17.7 Å². The summed E-state index contributed by atoms with van der Waals surface area (Å²) in [6.07, 6.45) is 2.20. The van der Waals surface area contributed by atoms with Gasteiger partial charge < -0.3 is 14.6 Å². The third kappa shape index (κ3) is 5.02. The summed E-state index contributed by atoms with van der Waals surface area (Å²) in [7, 11) is 0. The van der Waals surface area contributed by atoms with Crippen molar-refractivity contribution in [2.45, 2.75) is 25.9 Å².